The molecule has 0 spiro atoms. The second kappa shape index (κ2) is 8.12. The highest BCUT2D eigenvalue weighted by Gasteiger charge is 2.39. The number of amides is 2. The summed E-state index contributed by atoms with van der Waals surface area (Å²) in [5, 5.41) is 7.02. The van der Waals surface area contributed by atoms with Gasteiger partial charge < -0.3 is 19.5 Å². The zero-order valence-electron chi connectivity index (χ0n) is 15.6. The van der Waals surface area contributed by atoms with Crippen LogP contribution in [0, 0.1) is 0 Å². The van der Waals surface area contributed by atoms with Crippen LogP contribution in [0.4, 0.5) is 4.79 Å². The number of hydrogen-bond donors (Lipinski definition) is 1. The number of ether oxygens (including phenoxy) is 1. The SMILES string of the molecule is COc1ccc(CNC(=O)N2C[C@@H](c3ccccc3)[C@H](c3ncon3)C2)cc1. The van der Waals surface area contributed by atoms with Crippen molar-refractivity contribution in [2.75, 3.05) is 20.2 Å². The molecule has 0 unspecified atom stereocenters. The number of methoxy groups -OCH3 is 1. The average Bonchev–Trinajstić information content (AvgIpc) is 3.43. The van der Waals surface area contributed by atoms with E-state index in [-0.39, 0.29) is 17.9 Å². The van der Waals surface area contributed by atoms with Crippen LogP contribution in [0.25, 0.3) is 0 Å². The third kappa shape index (κ3) is 3.83. The molecule has 1 aliphatic heterocycles. The lowest BCUT2D eigenvalue weighted by Crippen LogP contribution is -2.38. The highest BCUT2D eigenvalue weighted by molar-refractivity contribution is 5.75. The summed E-state index contributed by atoms with van der Waals surface area (Å²) in [4.78, 5) is 18.8. The maximum atomic E-state index is 12.8. The van der Waals surface area contributed by atoms with Crippen molar-refractivity contribution < 1.29 is 14.1 Å². The van der Waals surface area contributed by atoms with Crippen LogP contribution < -0.4 is 10.1 Å². The lowest BCUT2D eigenvalue weighted by Gasteiger charge is -2.17. The fraction of sp³-hybridized carbons (Fsp3) is 0.286. The number of urea groups is 1. The van der Waals surface area contributed by atoms with Gasteiger partial charge in [0, 0.05) is 31.5 Å². The van der Waals surface area contributed by atoms with Crippen LogP contribution >= 0.6 is 0 Å². The number of carbonyl (C=O) groups excluding carboxylic acids is 1. The topological polar surface area (TPSA) is 80.5 Å². The molecule has 7 heteroatoms. The molecule has 3 aromatic rings. The van der Waals surface area contributed by atoms with E-state index in [1.807, 2.05) is 47.4 Å². The van der Waals surface area contributed by atoms with Gasteiger partial charge in [0.25, 0.3) is 0 Å². The van der Waals surface area contributed by atoms with E-state index >= 15 is 0 Å². The maximum absolute atomic E-state index is 12.8. The molecule has 0 bridgehead atoms. The minimum absolute atomic E-state index is 0.00730. The van der Waals surface area contributed by atoms with Gasteiger partial charge >= 0.3 is 6.03 Å². The van der Waals surface area contributed by atoms with Crippen molar-refractivity contribution in [3.05, 3.63) is 77.9 Å². The minimum Gasteiger partial charge on any atom is -0.497 e. The van der Waals surface area contributed by atoms with E-state index in [4.69, 9.17) is 9.26 Å². The molecule has 4 rings (SSSR count). The first kappa shape index (κ1) is 18.0. The fourth-order valence-electron chi connectivity index (χ4n) is 3.64. The summed E-state index contributed by atoms with van der Waals surface area (Å²) in [6.45, 7) is 1.62. The Hall–Kier alpha value is -3.35. The summed E-state index contributed by atoms with van der Waals surface area (Å²) < 4.78 is 10.1. The molecule has 2 atom stereocenters. The molecule has 1 aromatic heterocycles. The molecule has 2 aromatic carbocycles. The first-order valence-electron chi connectivity index (χ1n) is 9.21. The summed E-state index contributed by atoms with van der Waals surface area (Å²) in [6, 6.07) is 17.7. The van der Waals surface area contributed by atoms with E-state index in [0.717, 1.165) is 11.3 Å². The van der Waals surface area contributed by atoms with Crippen LogP contribution in [-0.4, -0.2) is 41.3 Å². The van der Waals surface area contributed by atoms with Crippen LogP contribution in [0.5, 0.6) is 5.75 Å². The molecule has 1 fully saturated rings. The molecular formula is C21H22N4O3. The molecule has 0 radical (unpaired) electrons. The Bertz CT molecular complexity index is 897. The molecule has 1 saturated heterocycles. The van der Waals surface area contributed by atoms with Crippen LogP contribution in [-0.2, 0) is 6.54 Å². The smallest absolute Gasteiger partial charge is 0.317 e. The van der Waals surface area contributed by atoms with Crippen molar-refractivity contribution in [3.63, 3.8) is 0 Å². The highest BCUT2D eigenvalue weighted by atomic mass is 16.5. The number of aromatic nitrogens is 2. The van der Waals surface area contributed by atoms with Crippen molar-refractivity contribution in [2.45, 2.75) is 18.4 Å². The van der Waals surface area contributed by atoms with Gasteiger partial charge in [-0.15, -0.1) is 0 Å². The predicted octanol–water partition coefficient (Wildman–Crippen LogP) is 3.17. The third-order valence-electron chi connectivity index (χ3n) is 5.15. The van der Waals surface area contributed by atoms with Gasteiger partial charge in [0.05, 0.1) is 7.11 Å². The zero-order valence-corrected chi connectivity index (χ0v) is 15.6. The van der Waals surface area contributed by atoms with Gasteiger partial charge in [-0.05, 0) is 23.3 Å². The Kier molecular flexibility index (Phi) is 5.23. The van der Waals surface area contributed by atoms with Gasteiger partial charge in [-0.25, -0.2) is 4.79 Å². The number of likely N-dealkylation sites (tertiary alicyclic amines) is 1. The van der Waals surface area contributed by atoms with E-state index in [9.17, 15) is 4.79 Å². The van der Waals surface area contributed by atoms with Gasteiger partial charge in [-0.3, -0.25) is 0 Å². The van der Waals surface area contributed by atoms with E-state index in [1.54, 1.807) is 7.11 Å². The Balaban J connectivity index is 1.44. The fourth-order valence-corrected chi connectivity index (χ4v) is 3.64. The normalized spacial score (nSPS) is 18.8. The highest BCUT2D eigenvalue weighted by Crippen LogP contribution is 2.38. The van der Waals surface area contributed by atoms with Crippen LogP contribution in [0.1, 0.15) is 28.8 Å². The van der Waals surface area contributed by atoms with Crippen molar-refractivity contribution in [1.29, 1.82) is 0 Å². The predicted molar refractivity (Wildman–Crippen MR) is 103 cm³/mol. The van der Waals surface area contributed by atoms with Gasteiger partial charge in [-0.2, -0.15) is 4.98 Å². The third-order valence-corrected chi connectivity index (χ3v) is 5.15. The summed E-state index contributed by atoms with van der Waals surface area (Å²) in [7, 11) is 1.63. The van der Waals surface area contributed by atoms with Gasteiger partial charge in [0.1, 0.15) is 5.75 Å². The number of rotatable bonds is 5. The molecule has 0 aliphatic carbocycles. The molecule has 2 heterocycles. The Morgan fingerprint density at radius 1 is 1.14 bits per heavy atom. The van der Waals surface area contributed by atoms with Crippen molar-refractivity contribution in [1.82, 2.24) is 20.4 Å². The second-order valence-electron chi connectivity index (χ2n) is 6.82. The first-order chi connectivity index (χ1) is 13.7. The molecule has 0 saturated carbocycles. The Labute approximate surface area is 163 Å². The summed E-state index contributed by atoms with van der Waals surface area (Å²) >= 11 is 0. The van der Waals surface area contributed by atoms with Crippen molar-refractivity contribution in [2.24, 2.45) is 0 Å². The van der Waals surface area contributed by atoms with Crippen LogP contribution in [0.3, 0.4) is 0 Å². The van der Waals surface area contributed by atoms with Gasteiger partial charge in [-0.1, -0.05) is 47.6 Å². The largest absolute Gasteiger partial charge is 0.497 e. The van der Waals surface area contributed by atoms with Gasteiger partial charge in [0.15, 0.2) is 5.82 Å². The number of benzene rings is 2. The first-order valence-corrected chi connectivity index (χ1v) is 9.21. The monoisotopic (exact) mass is 378 g/mol. The average molecular weight is 378 g/mol. The lowest BCUT2D eigenvalue weighted by atomic mass is 9.88. The van der Waals surface area contributed by atoms with E-state index in [1.165, 1.54) is 12.0 Å². The summed E-state index contributed by atoms with van der Waals surface area (Å²) in [5.41, 5.74) is 2.19. The van der Waals surface area contributed by atoms with E-state index in [2.05, 4.69) is 27.6 Å². The number of nitrogens with zero attached hydrogens (tertiary/aromatic N) is 3. The second-order valence-corrected chi connectivity index (χ2v) is 6.82. The molecule has 28 heavy (non-hydrogen) atoms. The number of hydrogen-bond acceptors (Lipinski definition) is 5. The molecule has 1 N–H and O–H groups in total. The zero-order chi connectivity index (χ0) is 19.3. The minimum atomic E-state index is -0.0947. The Morgan fingerprint density at radius 2 is 1.89 bits per heavy atom. The number of carbonyl (C=O) groups is 1. The maximum Gasteiger partial charge on any atom is 0.317 e. The summed E-state index contributed by atoms with van der Waals surface area (Å²) in [6.07, 6.45) is 1.34. The number of nitrogens with one attached hydrogen (secondary N) is 1. The molecule has 2 amide bonds. The Morgan fingerprint density at radius 3 is 2.57 bits per heavy atom. The van der Waals surface area contributed by atoms with E-state index < -0.39 is 0 Å². The molecule has 1 aliphatic rings. The molecule has 144 valence electrons. The van der Waals surface area contributed by atoms with E-state index in [0.29, 0.717) is 25.5 Å². The van der Waals surface area contributed by atoms with Gasteiger partial charge in [0.2, 0.25) is 6.39 Å². The lowest BCUT2D eigenvalue weighted by molar-refractivity contribution is 0.207. The molecular weight excluding hydrogens is 356 g/mol. The summed E-state index contributed by atoms with van der Waals surface area (Å²) in [5.74, 6) is 1.57. The molecule has 7 nitrogen and oxygen atoms in total. The van der Waals surface area contributed by atoms with Crippen LogP contribution in [0.2, 0.25) is 0 Å². The standard InChI is InChI=1S/C21H22N4O3/c1-27-17-9-7-15(8-10-17)11-22-21(26)25-12-18(16-5-3-2-4-6-16)19(13-25)20-23-14-28-24-20/h2-10,14,18-19H,11-13H2,1H3,(H,22,26)/t18-,19+/m0/s1. The van der Waals surface area contributed by atoms with Crippen molar-refractivity contribution in [3.8, 4) is 5.75 Å². The van der Waals surface area contributed by atoms with Crippen molar-refractivity contribution >= 4 is 6.03 Å². The van der Waals surface area contributed by atoms with Crippen LogP contribution in [0.15, 0.2) is 65.5 Å². The quantitative estimate of drug-likeness (QED) is 0.738.